The molecule has 0 fully saturated rings. The summed E-state index contributed by atoms with van der Waals surface area (Å²) >= 11 is 0. The number of benzene rings is 2. The minimum Gasteiger partial charge on any atom is -0.326 e. The lowest BCUT2D eigenvalue weighted by atomic mass is 10.1. The second kappa shape index (κ2) is 15.9. The van der Waals surface area contributed by atoms with E-state index in [-0.39, 0.29) is 34.7 Å². The van der Waals surface area contributed by atoms with Crippen molar-refractivity contribution in [3.05, 3.63) is 73.8 Å². The molecule has 39 heavy (non-hydrogen) atoms. The highest BCUT2D eigenvalue weighted by Gasteiger charge is 2.14. The largest absolute Gasteiger partial charge is 0.326 e. The van der Waals surface area contributed by atoms with E-state index in [9.17, 15) is 26.4 Å². The molecule has 0 radical (unpaired) electrons. The fraction of sp³-hybridized carbons (Fsp3) is 0.333. The number of carbonyl (C=O) groups is 2. The molecule has 0 spiro atoms. The number of sulfonamides is 2. The standard InChI is InChI=1S/C27H36N4O6S2/c1-3-20-28-38(34,35)24-16-12-22(13-17-24)30-26(32)10-8-6-5-7-9-11-27(33)31-23-14-18-25(19-15-23)39(36,37)29-21-4-2/h3-4,12-19,28-29H,1-2,5-11,20-21H2,(H,30,32)(H,31,33). The van der Waals surface area contributed by atoms with Gasteiger partial charge in [-0.2, -0.15) is 0 Å². The number of carbonyl (C=O) groups excluding carboxylic acids is 2. The molecule has 2 amide bonds. The van der Waals surface area contributed by atoms with Gasteiger partial charge in [0.05, 0.1) is 9.79 Å². The molecule has 0 aromatic heterocycles. The maximum absolute atomic E-state index is 12.2. The molecule has 212 valence electrons. The summed E-state index contributed by atoms with van der Waals surface area (Å²) in [6, 6.07) is 11.9. The van der Waals surface area contributed by atoms with Gasteiger partial charge in [-0.15, -0.1) is 13.2 Å². The second-order valence-electron chi connectivity index (χ2n) is 8.69. The minimum atomic E-state index is -3.61. The van der Waals surface area contributed by atoms with Gasteiger partial charge < -0.3 is 10.6 Å². The number of rotatable bonds is 18. The molecule has 0 aliphatic rings. The Labute approximate surface area is 231 Å². The van der Waals surface area contributed by atoms with E-state index >= 15 is 0 Å². The van der Waals surface area contributed by atoms with Crippen molar-refractivity contribution in [2.24, 2.45) is 0 Å². The first-order valence-corrected chi connectivity index (χ1v) is 15.5. The van der Waals surface area contributed by atoms with Crippen molar-refractivity contribution >= 4 is 43.2 Å². The zero-order chi connectivity index (χ0) is 28.7. The summed E-state index contributed by atoms with van der Waals surface area (Å²) in [6.45, 7) is 7.22. The smallest absolute Gasteiger partial charge is 0.240 e. The number of hydrogen-bond donors (Lipinski definition) is 4. The Morgan fingerprint density at radius 1 is 0.590 bits per heavy atom. The van der Waals surface area contributed by atoms with Crippen LogP contribution in [0.3, 0.4) is 0 Å². The van der Waals surface area contributed by atoms with E-state index in [2.05, 4.69) is 33.2 Å². The first-order chi connectivity index (χ1) is 18.6. The van der Waals surface area contributed by atoms with Crippen molar-refractivity contribution in [2.45, 2.75) is 54.7 Å². The molecule has 2 rings (SSSR count). The topological polar surface area (TPSA) is 151 Å². The van der Waals surface area contributed by atoms with Crippen LogP contribution in [0.1, 0.15) is 44.9 Å². The fourth-order valence-electron chi connectivity index (χ4n) is 3.49. The Morgan fingerprint density at radius 2 is 0.923 bits per heavy atom. The third-order valence-corrected chi connectivity index (χ3v) is 8.42. The van der Waals surface area contributed by atoms with E-state index < -0.39 is 20.0 Å². The molecule has 0 saturated carbocycles. The summed E-state index contributed by atoms with van der Waals surface area (Å²) in [7, 11) is -7.21. The van der Waals surface area contributed by atoms with Gasteiger partial charge in [0.15, 0.2) is 0 Å². The first kappa shape index (κ1) is 31.9. The molecule has 0 aliphatic heterocycles. The van der Waals surface area contributed by atoms with Crippen molar-refractivity contribution in [3.8, 4) is 0 Å². The summed E-state index contributed by atoms with van der Waals surface area (Å²) in [5, 5.41) is 5.52. The molecule has 2 aromatic carbocycles. The molecule has 0 unspecified atom stereocenters. The fourth-order valence-corrected chi connectivity index (χ4v) is 5.48. The van der Waals surface area contributed by atoms with E-state index in [0.29, 0.717) is 37.1 Å². The lowest BCUT2D eigenvalue weighted by molar-refractivity contribution is -0.117. The number of hydrogen-bond acceptors (Lipinski definition) is 6. The van der Waals surface area contributed by atoms with Crippen molar-refractivity contribution in [3.63, 3.8) is 0 Å². The van der Waals surface area contributed by atoms with Crippen LogP contribution in [0.15, 0.2) is 83.6 Å². The Morgan fingerprint density at radius 3 is 1.26 bits per heavy atom. The van der Waals surface area contributed by atoms with Gasteiger partial charge >= 0.3 is 0 Å². The van der Waals surface area contributed by atoms with Crippen molar-refractivity contribution in [1.82, 2.24) is 9.44 Å². The lowest BCUT2D eigenvalue weighted by Crippen LogP contribution is -2.23. The third kappa shape index (κ3) is 11.5. The zero-order valence-corrected chi connectivity index (χ0v) is 23.5. The molecule has 4 N–H and O–H groups in total. The summed E-state index contributed by atoms with van der Waals surface area (Å²) < 4.78 is 53.1. The SMILES string of the molecule is C=CCNS(=O)(=O)c1ccc(NC(=O)CCCCCCCC(=O)Nc2ccc(S(=O)(=O)NCC=C)cc2)cc1. The van der Waals surface area contributed by atoms with E-state index in [0.717, 1.165) is 19.3 Å². The van der Waals surface area contributed by atoms with Crippen LogP contribution in [0.5, 0.6) is 0 Å². The molecule has 0 bridgehead atoms. The van der Waals surface area contributed by atoms with Crippen LogP contribution < -0.4 is 20.1 Å². The molecule has 0 heterocycles. The Hall–Kier alpha value is -3.32. The van der Waals surface area contributed by atoms with Gasteiger partial charge in [0, 0.05) is 37.3 Å². The van der Waals surface area contributed by atoms with Gasteiger partial charge in [0.2, 0.25) is 31.9 Å². The number of nitrogens with one attached hydrogen (secondary N) is 4. The van der Waals surface area contributed by atoms with Crippen molar-refractivity contribution in [2.75, 3.05) is 23.7 Å². The van der Waals surface area contributed by atoms with Crippen LogP contribution in [-0.4, -0.2) is 41.7 Å². The third-order valence-electron chi connectivity index (χ3n) is 5.54. The molecular formula is C27H36N4O6S2. The summed E-state index contributed by atoms with van der Waals surface area (Å²) in [4.78, 5) is 24.5. The van der Waals surface area contributed by atoms with Crippen LogP contribution in [-0.2, 0) is 29.6 Å². The van der Waals surface area contributed by atoms with Gasteiger partial charge in [-0.3, -0.25) is 9.59 Å². The van der Waals surface area contributed by atoms with Gasteiger partial charge in [-0.05, 0) is 61.4 Å². The molecular weight excluding hydrogens is 540 g/mol. The maximum Gasteiger partial charge on any atom is 0.240 e. The van der Waals surface area contributed by atoms with Gasteiger partial charge in [-0.25, -0.2) is 26.3 Å². The lowest BCUT2D eigenvalue weighted by Gasteiger charge is -2.08. The Balaban J connectivity index is 1.60. The predicted octanol–water partition coefficient (Wildman–Crippen LogP) is 3.92. The van der Waals surface area contributed by atoms with Gasteiger partial charge in [0.25, 0.3) is 0 Å². The summed E-state index contributed by atoms with van der Waals surface area (Å²) in [5.41, 5.74) is 1.05. The molecule has 0 atom stereocenters. The second-order valence-corrected chi connectivity index (χ2v) is 12.2. The van der Waals surface area contributed by atoms with E-state index in [1.165, 1.54) is 36.4 Å². The Bertz CT molecular complexity index is 1220. The molecule has 0 saturated heterocycles. The maximum atomic E-state index is 12.2. The van der Waals surface area contributed by atoms with Crippen LogP contribution in [0.4, 0.5) is 11.4 Å². The highest BCUT2D eigenvalue weighted by molar-refractivity contribution is 7.89. The first-order valence-electron chi connectivity index (χ1n) is 12.6. The zero-order valence-electron chi connectivity index (χ0n) is 21.8. The average Bonchev–Trinajstić information content (AvgIpc) is 2.91. The van der Waals surface area contributed by atoms with Crippen molar-refractivity contribution in [1.29, 1.82) is 0 Å². The molecule has 0 aliphatic carbocycles. The number of amides is 2. The minimum absolute atomic E-state index is 0.108. The highest BCUT2D eigenvalue weighted by Crippen LogP contribution is 2.16. The predicted molar refractivity (Wildman–Crippen MR) is 153 cm³/mol. The van der Waals surface area contributed by atoms with Crippen LogP contribution in [0, 0.1) is 0 Å². The van der Waals surface area contributed by atoms with Crippen LogP contribution in [0.2, 0.25) is 0 Å². The van der Waals surface area contributed by atoms with Crippen LogP contribution in [0.25, 0.3) is 0 Å². The van der Waals surface area contributed by atoms with E-state index in [1.54, 1.807) is 24.3 Å². The Kier molecular flexibility index (Phi) is 13.0. The highest BCUT2D eigenvalue weighted by atomic mass is 32.2. The van der Waals surface area contributed by atoms with Gasteiger partial charge in [-0.1, -0.05) is 31.4 Å². The molecule has 10 nitrogen and oxygen atoms in total. The van der Waals surface area contributed by atoms with Crippen LogP contribution >= 0.6 is 0 Å². The normalized spacial score (nSPS) is 11.5. The van der Waals surface area contributed by atoms with Crippen molar-refractivity contribution < 1.29 is 26.4 Å². The van der Waals surface area contributed by atoms with E-state index in [4.69, 9.17) is 0 Å². The molecule has 12 heteroatoms. The van der Waals surface area contributed by atoms with E-state index in [1.807, 2.05) is 0 Å². The number of unbranched alkanes of at least 4 members (excludes halogenated alkanes) is 4. The quantitative estimate of drug-likeness (QED) is 0.156. The monoisotopic (exact) mass is 576 g/mol. The number of anilines is 2. The summed E-state index contributed by atoms with van der Waals surface area (Å²) in [5.74, 6) is -0.296. The van der Waals surface area contributed by atoms with Gasteiger partial charge in [0.1, 0.15) is 0 Å². The summed E-state index contributed by atoms with van der Waals surface area (Å²) in [6.07, 6.45) is 7.57. The molecule has 2 aromatic rings. The average molecular weight is 577 g/mol.